The van der Waals surface area contributed by atoms with Crippen molar-refractivity contribution >= 4 is 46.5 Å². The van der Waals surface area contributed by atoms with E-state index in [9.17, 15) is 14.4 Å². The number of fused-ring (bicyclic) bond motifs is 1. The minimum absolute atomic E-state index is 0.0848. The van der Waals surface area contributed by atoms with E-state index in [0.717, 1.165) is 0 Å². The number of carbonyl (C=O) groups excluding carboxylic acids is 3. The predicted octanol–water partition coefficient (Wildman–Crippen LogP) is 4.26. The van der Waals surface area contributed by atoms with Crippen molar-refractivity contribution in [3.63, 3.8) is 0 Å². The number of thioether (sulfide) groups is 1. The second-order valence-corrected chi connectivity index (χ2v) is 8.46. The van der Waals surface area contributed by atoms with E-state index in [1.165, 1.54) is 11.8 Å². The molecule has 3 amide bonds. The maximum Gasteiger partial charge on any atom is 0.265 e. The standard InChI is InChI=1S/C25H20N4O4S/c1-15-24(31)29-20-12-18(9-10-21(20)33-15)28-25(32)19-7-2-3-8-22(19)34-14-23(30)27-17-6-4-5-16(11-17)13-26/h2-12,15H,14H2,1H3,(H,27,30)(H,28,32)(H,29,31)/t15-/m0/s1. The monoisotopic (exact) mass is 472 g/mol. The predicted molar refractivity (Wildman–Crippen MR) is 130 cm³/mol. The van der Waals surface area contributed by atoms with Gasteiger partial charge in [-0.25, -0.2) is 0 Å². The highest BCUT2D eigenvalue weighted by molar-refractivity contribution is 8.00. The molecule has 1 aliphatic heterocycles. The highest BCUT2D eigenvalue weighted by atomic mass is 32.2. The van der Waals surface area contributed by atoms with Gasteiger partial charge in [0.1, 0.15) is 5.75 Å². The van der Waals surface area contributed by atoms with Crippen molar-refractivity contribution in [3.8, 4) is 11.8 Å². The van der Waals surface area contributed by atoms with Gasteiger partial charge < -0.3 is 20.7 Å². The summed E-state index contributed by atoms with van der Waals surface area (Å²) in [5.41, 5.74) is 2.39. The Morgan fingerprint density at radius 3 is 2.68 bits per heavy atom. The molecule has 0 radical (unpaired) electrons. The summed E-state index contributed by atoms with van der Waals surface area (Å²) in [7, 11) is 0. The van der Waals surface area contributed by atoms with E-state index in [-0.39, 0.29) is 23.5 Å². The zero-order chi connectivity index (χ0) is 24.1. The summed E-state index contributed by atoms with van der Waals surface area (Å²) in [5, 5.41) is 17.3. The highest BCUT2D eigenvalue weighted by Gasteiger charge is 2.24. The Hall–Kier alpha value is -4.29. The van der Waals surface area contributed by atoms with Gasteiger partial charge in [0.05, 0.1) is 28.6 Å². The fourth-order valence-corrected chi connectivity index (χ4v) is 4.12. The average Bonchev–Trinajstić information content (AvgIpc) is 2.84. The maximum absolute atomic E-state index is 13.0. The molecule has 1 atom stereocenters. The van der Waals surface area contributed by atoms with Crippen molar-refractivity contribution < 1.29 is 19.1 Å². The number of nitrogens with one attached hydrogen (secondary N) is 3. The molecule has 4 rings (SSSR count). The van der Waals surface area contributed by atoms with Crippen LogP contribution in [0.25, 0.3) is 0 Å². The van der Waals surface area contributed by atoms with Gasteiger partial charge in [0.2, 0.25) is 5.91 Å². The van der Waals surface area contributed by atoms with Crippen molar-refractivity contribution in [2.24, 2.45) is 0 Å². The Morgan fingerprint density at radius 1 is 1.06 bits per heavy atom. The van der Waals surface area contributed by atoms with E-state index in [0.29, 0.717) is 38.8 Å². The Balaban J connectivity index is 1.41. The topological polar surface area (TPSA) is 120 Å². The van der Waals surface area contributed by atoms with Crippen molar-refractivity contribution in [3.05, 3.63) is 77.9 Å². The van der Waals surface area contributed by atoms with Crippen LogP contribution in [0.2, 0.25) is 0 Å². The molecule has 3 aromatic rings. The van der Waals surface area contributed by atoms with Crippen LogP contribution in [-0.4, -0.2) is 29.6 Å². The van der Waals surface area contributed by atoms with E-state index < -0.39 is 6.10 Å². The minimum atomic E-state index is -0.579. The van der Waals surface area contributed by atoms with E-state index in [1.54, 1.807) is 73.7 Å². The summed E-state index contributed by atoms with van der Waals surface area (Å²) in [4.78, 5) is 37.8. The number of hydrogen-bond donors (Lipinski definition) is 3. The third-order valence-electron chi connectivity index (χ3n) is 4.93. The van der Waals surface area contributed by atoms with Crippen LogP contribution in [0.3, 0.4) is 0 Å². The molecule has 0 bridgehead atoms. The Labute approximate surface area is 200 Å². The first kappa shape index (κ1) is 22.9. The molecule has 0 aromatic heterocycles. The second-order valence-electron chi connectivity index (χ2n) is 7.44. The number of nitrogens with zero attached hydrogens (tertiary/aromatic N) is 1. The first-order valence-corrected chi connectivity index (χ1v) is 11.4. The van der Waals surface area contributed by atoms with E-state index in [1.807, 2.05) is 6.07 Å². The lowest BCUT2D eigenvalue weighted by Crippen LogP contribution is -2.34. The van der Waals surface area contributed by atoms with Crippen molar-refractivity contribution in [2.45, 2.75) is 17.9 Å². The molecule has 0 fully saturated rings. The molecule has 8 nitrogen and oxygen atoms in total. The van der Waals surface area contributed by atoms with Crippen molar-refractivity contribution in [1.82, 2.24) is 0 Å². The number of nitriles is 1. The Kier molecular flexibility index (Phi) is 6.80. The number of amides is 3. The second kappa shape index (κ2) is 10.1. The normalized spacial score (nSPS) is 14.1. The molecule has 0 saturated carbocycles. The summed E-state index contributed by atoms with van der Waals surface area (Å²) in [6.07, 6.45) is -0.579. The molecule has 170 valence electrons. The first-order valence-electron chi connectivity index (χ1n) is 10.4. The molecule has 9 heteroatoms. The van der Waals surface area contributed by atoms with Gasteiger partial charge in [0.15, 0.2) is 6.10 Å². The molecule has 34 heavy (non-hydrogen) atoms. The summed E-state index contributed by atoms with van der Waals surface area (Å²) >= 11 is 1.23. The molecule has 3 aromatic carbocycles. The summed E-state index contributed by atoms with van der Waals surface area (Å²) in [6, 6.07) is 20.7. The van der Waals surface area contributed by atoms with Gasteiger partial charge in [-0.05, 0) is 55.5 Å². The lowest BCUT2D eigenvalue weighted by molar-refractivity contribution is -0.122. The third-order valence-corrected chi connectivity index (χ3v) is 6.01. The average molecular weight is 473 g/mol. The third kappa shape index (κ3) is 5.36. The smallest absolute Gasteiger partial charge is 0.265 e. The highest BCUT2D eigenvalue weighted by Crippen LogP contribution is 2.32. The number of ether oxygens (including phenoxy) is 1. The van der Waals surface area contributed by atoms with Gasteiger partial charge in [0.25, 0.3) is 11.8 Å². The largest absolute Gasteiger partial charge is 0.479 e. The number of rotatable bonds is 6. The lowest BCUT2D eigenvalue weighted by Gasteiger charge is -2.23. The molecule has 0 aliphatic carbocycles. The fourth-order valence-electron chi connectivity index (χ4n) is 3.27. The van der Waals surface area contributed by atoms with Gasteiger partial charge in [-0.3, -0.25) is 14.4 Å². The van der Waals surface area contributed by atoms with Crippen LogP contribution < -0.4 is 20.7 Å². The van der Waals surface area contributed by atoms with Crippen LogP contribution >= 0.6 is 11.8 Å². The van der Waals surface area contributed by atoms with Gasteiger partial charge >= 0.3 is 0 Å². The van der Waals surface area contributed by atoms with Crippen LogP contribution in [0.4, 0.5) is 17.1 Å². The van der Waals surface area contributed by atoms with Crippen LogP contribution in [0.15, 0.2) is 71.6 Å². The van der Waals surface area contributed by atoms with E-state index >= 15 is 0 Å². The molecular weight excluding hydrogens is 452 g/mol. The van der Waals surface area contributed by atoms with Crippen LogP contribution in [0, 0.1) is 11.3 Å². The summed E-state index contributed by atoms with van der Waals surface area (Å²) in [5.74, 6) is -0.235. The Morgan fingerprint density at radius 2 is 1.85 bits per heavy atom. The molecule has 0 saturated heterocycles. The number of anilines is 3. The quantitative estimate of drug-likeness (QED) is 0.461. The molecular formula is C25H20N4O4S. The zero-order valence-corrected chi connectivity index (χ0v) is 18.9. The minimum Gasteiger partial charge on any atom is -0.479 e. The molecule has 3 N–H and O–H groups in total. The fraction of sp³-hybridized carbons (Fsp3) is 0.120. The van der Waals surface area contributed by atoms with Crippen molar-refractivity contribution in [1.29, 1.82) is 5.26 Å². The van der Waals surface area contributed by atoms with Gasteiger partial charge in [0, 0.05) is 16.3 Å². The van der Waals surface area contributed by atoms with Gasteiger partial charge in [-0.2, -0.15) is 5.26 Å². The van der Waals surface area contributed by atoms with Gasteiger partial charge in [-0.15, -0.1) is 11.8 Å². The van der Waals surface area contributed by atoms with E-state index in [4.69, 9.17) is 10.00 Å². The molecule has 0 spiro atoms. The lowest BCUT2D eigenvalue weighted by atomic mass is 10.2. The molecule has 1 aliphatic rings. The van der Waals surface area contributed by atoms with Crippen molar-refractivity contribution in [2.75, 3.05) is 21.7 Å². The molecule has 0 unspecified atom stereocenters. The van der Waals surface area contributed by atoms with E-state index in [2.05, 4.69) is 16.0 Å². The number of carbonyl (C=O) groups is 3. The van der Waals surface area contributed by atoms with Crippen LogP contribution in [0.1, 0.15) is 22.8 Å². The van der Waals surface area contributed by atoms with Crippen LogP contribution in [-0.2, 0) is 9.59 Å². The first-order chi connectivity index (χ1) is 16.4. The maximum atomic E-state index is 13.0. The zero-order valence-electron chi connectivity index (χ0n) is 18.1. The number of benzene rings is 3. The number of hydrogen-bond acceptors (Lipinski definition) is 6. The summed E-state index contributed by atoms with van der Waals surface area (Å²) < 4.78 is 5.54. The SMILES string of the molecule is C[C@@H]1Oc2ccc(NC(=O)c3ccccc3SCC(=O)Nc3cccc(C#N)c3)cc2NC1=O. The molecule has 1 heterocycles. The van der Waals surface area contributed by atoms with Crippen LogP contribution in [0.5, 0.6) is 5.75 Å². The summed E-state index contributed by atoms with van der Waals surface area (Å²) in [6.45, 7) is 1.66. The van der Waals surface area contributed by atoms with Gasteiger partial charge in [-0.1, -0.05) is 18.2 Å². The Bertz CT molecular complexity index is 1320.